The molecule has 1 aliphatic rings. The Morgan fingerprint density at radius 1 is 1.00 bits per heavy atom. The fraction of sp³-hybridized carbons (Fsp3) is 0.417. The standard InChI is InChI=1S/C24H32N4O2/c1-27(22-8-3-2-4-9-22)17-7-16-25-24(30)26-21-13-10-20(11-14-21)12-15-23(29)28-18-5-6-19-28/h2-4,8-11,13-14H,5-7,12,15-19H2,1H3,(H2,25,26,30). The van der Waals surface area contributed by atoms with Crippen LogP contribution in [0, 0.1) is 0 Å². The van der Waals surface area contributed by atoms with Gasteiger partial charge in [-0.15, -0.1) is 0 Å². The number of anilines is 2. The molecule has 1 saturated heterocycles. The zero-order valence-corrected chi connectivity index (χ0v) is 17.8. The maximum atomic E-state index is 12.1. The first-order valence-corrected chi connectivity index (χ1v) is 10.8. The van der Waals surface area contributed by atoms with Crippen molar-refractivity contribution < 1.29 is 9.59 Å². The molecule has 0 spiro atoms. The van der Waals surface area contributed by atoms with Gasteiger partial charge >= 0.3 is 6.03 Å². The lowest BCUT2D eigenvalue weighted by Crippen LogP contribution is -2.31. The number of hydrogen-bond acceptors (Lipinski definition) is 3. The minimum atomic E-state index is -0.200. The molecular formula is C24H32N4O2. The summed E-state index contributed by atoms with van der Waals surface area (Å²) in [5, 5.41) is 5.76. The second kappa shape index (κ2) is 11.2. The van der Waals surface area contributed by atoms with Gasteiger partial charge in [0.1, 0.15) is 0 Å². The summed E-state index contributed by atoms with van der Waals surface area (Å²) in [4.78, 5) is 28.4. The molecule has 0 saturated carbocycles. The Hall–Kier alpha value is -3.02. The van der Waals surface area contributed by atoms with E-state index in [2.05, 4.69) is 34.7 Å². The Bertz CT molecular complexity index is 802. The van der Waals surface area contributed by atoms with E-state index in [-0.39, 0.29) is 11.9 Å². The first kappa shape index (κ1) is 21.7. The molecule has 0 aromatic heterocycles. The highest BCUT2D eigenvalue weighted by Gasteiger charge is 2.17. The van der Waals surface area contributed by atoms with E-state index in [0.29, 0.717) is 13.0 Å². The van der Waals surface area contributed by atoms with E-state index in [0.717, 1.165) is 56.6 Å². The molecule has 3 rings (SSSR count). The molecule has 6 heteroatoms. The lowest BCUT2D eigenvalue weighted by atomic mass is 10.1. The quantitative estimate of drug-likeness (QED) is 0.619. The molecule has 1 aliphatic heterocycles. The molecule has 1 heterocycles. The third kappa shape index (κ3) is 6.79. The van der Waals surface area contributed by atoms with E-state index in [9.17, 15) is 9.59 Å². The Morgan fingerprint density at radius 3 is 2.40 bits per heavy atom. The normalized spacial score (nSPS) is 13.2. The molecule has 0 bridgehead atoms. The van der Waals surface area contributed by atoms with Crippen molar-refractivity contribution >= 4 is 23.3 Å². The first-order valence-electron chi connectivity index (χ1n) is 10.8. The highest BCUT2D eigenvalue weighted by Crippen LogP contribution is 2.14. The fourth-order valence-corrected chi connectivity index (χ4v) is 3.64. The van der Waals surface area contributed by atoms with Crippen LogP contribution in [0.15, 0.2) is 54.6 Å². The van der Waals surface area contributed by atoms with Crippen LogP contribution in [0.25, 0.3) is 0 Å². The molecule has 1 fully saturated rings. The van der Waals surface area contributed by atoms with Crippen LogP contribution in [-0.2, 0) is 11.2 Å². The van der Waals surface area contributed by atoms with Crippen LogP contribution in [-0.4, -0.2) is 50.1 Å². The summed E-state index contributed by atoms with van der Waals surface area (Å²) >= 11 is 0. The lowest BCUT2D eigenvalue weighted by Gasteiger charge is -2.19. The van der Waals surface area contributed by atoms with E-state index in [4.69, 9.17) is 0 Å². The van der Waals surface area contributed by atoms with Crippen molar-refractivity contribution in [1.82, 2.24) is 10.2 Å². The maximum absolute atomic E-state index is 12.1. The number of hydrogen-bond donors (Lipinski definition) is 2. The Morgan fingerprint density at radius 2 is 1.70 bits per heavy atom. The van der Waals surface area contributed by atoms with Crippen LogP contribution in [0.5, 0.6) is 0 Å². The van der Waals surface area contributed by atoms with Crippen molar-refractivity contribution in [1.29, 1.82) is 0 Å². The third-order valence-corrected chi connectivity index (χ3v) is 5.45. The van der Waals surface area contributed by atoms with Crippen molar-refractivity contribution in [2.24, 2.45) is 0 Å². The second-order valence-electron chi connectivity index (χ2n) is 7.78. The predicted molar refractivity (Wildman–Crippen MR) is 122 cm³/mol. The van der Waals surface area contributed by atoms with Gasteiger partial charge in [0, 0.05) is 51.0 Å². The maximum Gasteiger partial charge on any atom is 0.319 e. The number of aryl methyl sites for hydroxylation is 1. The molecule has 0 aliphatic carbocycles. The van der Waals surface area contributed by atoms with E-state index >= 15 is 0 Å². The number of para-hydroxylation sites is 1. The summed E-state index contributed by atoms with van der Waals surface area (Å²) in [5.74, 6) is 0.243. The van der Waals surface area contributed by atoms with E-state index in [1.165, 1.54) is 5.69 Å². The first-order chi connectivity index (χ1) is 14.6. The highest BCUT2D eigenvalue weighted by molar-refractivity contribution is 5.89. The average molecular weight is 409 g/mol. The van der Waals surface area contributed by atoms with Gasteiger partial charge in [0.25, 0.3) is 0 Å². The Balaban J connectivity index is 1.32. The van der Waals surface area contributed by atoms with E-state index in [1.54, 1.807) is 0 Å². The van der Waals surface area contributed by atoms with Crippen molar-refractivity contribution in [2.75, 3.05) is 43.4 Å². The van der Waals surface area contributed by atoms with Crippen LogP contribution in [0.1, 0.15) is 31.2 Å². The van der Waals surface area contributed by atoms with Crippen LogP contribution in [0.3, 0.4) is 0 Å². The van der Waals surface area contributed by atoms with Crippen molar-refractivity contribution in [3.8, 4) is 0 Å². The molecule has 2 N–H and O–H groups in total. The molecule has 30 heavy (non-hydrogen) atoms. The van der Waals surface area contributed by atoms with Gasteiger partial charge in [-0.1, -0.05) is 30.3 Å². The van der Waals surface area contributed by atoms with Gasteiger partial charge in [0.05, 0.1) is 0 Å². The Kier molecular flexibility index (Phi) is 8.12. The summed E-state index contributed by atoms with van der Waals surface area (Å²) < 4.78 is 0. The van der Waals surface area contributed by atoms with Crippen molar-refractivity contribution in [3.63, 3.8) is 0 Å². The monoisotopic (exact) mass is 408 g/mol. The van der Waals surface area contributed by atoms with Gasteiger partial charge < -0.3 is 20.4 Å². The summed E-state index contributed by atoms with van der Waals surface area (Å²) in [6, 6.07) is 17.7. The number of carbonyl (C=O) groups is 2. The average Bonchev–Trinajstić information content (AvgIpc) is 3.31. The van der Waals surface area contributed by atoms with Gasteiger partial charge in [-0.3, -0.25) is 4.79 Å². The minimum absolute atomic E-state index is 0.200. The molecular weight excluding hydrogens is 376 g/mol. The summed E-state index contributed by atoms with van der Waals surface area (Å²) in [6.07, 6.45) is 4.39. The number of nitrogens with zero attached hydrogens (tertiary/aromatic N) is 2. The number of rotatable bonds is 9. The van der Waals surface area contributed by atoms with Crippen molar-refractivity contribution in [3.05, 3.63) is 60.2 Å². The molecule has 0 radical (unpaired) electrons. The number of nitrogens with one attached hydrogen (secondary N) is 2. The van der Waals surface area contributed by atoms with Gasteiger partial charge in [0.2, 0.25) is 5.91 Å². The van der Waals surface area contributed by atoms with Crippen LogP contribution in [0.4, 0.5) is 16.2 Å². The van der Waals surface area contributed by atoms with Crippen LogP contribution >= 0.6 is 0 Å². The molecule has 160 valence electrons. The number of benzene rings is 2. The molecule has 2 aromatic carbocycles. The largest absolute Gasteiger partial charge is 0.375 e. The predicted octanol–water partition coefficient (Wildman–Crippen LogP) is 3.89. The SMILES string of the molecule is CN(CCCNC(=O)Nc1ccc(CCC(=O)N2CCCC2)cc1)c1ccccc1. The summed E-state index contributed by atoms with van der Waals surface area (Å²) in [7, 11) is 2.05. The Labute approximate surface area is 179 Å². The lowest BCUT2D eigenvalue weighted by molar-refractivity contribution is -0.130. The number of amides is 3. The minimum Gasteiger partial charge on any atom is -0.375 e. The zero-order valence-electron chi connectivity index (χ0n) is 17.8. The topological polar surface area (TPSA) is 64.7 Å². The number of likely N-dealkylation sites (tertiary alicyclic amines) is 1. The number of urea groups is 1. The smallest absolute Gasteiger partial charge is 0.319 e. The summed E-state index contributed by atoms with van der Waals surface area (Å²) in [5.41, 5.74) is 3.03. The van der Waals surface area contributed by atoms with Crippen molar-refractivity contribution in [2.45, 2.75) is 32.1 Å². The highest BCUT2D eigenvalue weighted by atomic mass is 16.2. The molecule has 0 unspecified atom stereocenters. The number of carbonyl (C=O) groups excluding carboxylic acids is 2. The molecule has 3 amide bonds. The molecule has 6 nitrogen and oxygen atoms in total. The van der Waals surface area contributed by atoms with Gasteiger partial charge in [-0.05, 0) is 55.5 Å². The van der Waals surface area contributed by atoms with Crippen LogP contribution < -0.4 is 15.5 Å². The second-order valence-corrected chi connectivity index (χ2v) is 7.78. The molecule has 0 atom stereocenters. The van der Waals surface area contributed by atoms with Crippen LogP contribution in [0.2, 0.25) is 0 Å². The third-order valence-electron chi connectivity index (χ3n) is 5.45. The van der Waals surface area contributed by atoms with E-state index < -0.39 is 0 Å². The molecule has 2 aromatic rings. The fourth-order valence-electron chi connectivity index (χ4n) is 3.64. The van der Waals surface area contributed by atoms with Gasteiger partial charge in [0.15, 0.2) is 0 Å². The summed E-state index contributed by atoms with van der Waals surface area (Å²) in [6.45, 7) is 3.29. The zero-order chi connectivity index (χ0) is 21.2. The van der Waals surface area contributed by atoms with Gasteiger partial charge in [-0.2, -0.15) is 0 Å². The van der Waals surface area contributed by atoms with E-state index in [1.807, 2.05) is 47.4 Å². The van der Waals surface area contributed by atoms with Gasteiger partial charge in [-0.25, -0.2) is 4.79 Å².